The zero-order valence-corrected chi connectivity index (χ0v) is 10.9. The van der Waals surface area contributed by atoms with Gasteiger partial charge in [0.05, 0.1) is 5.02 Å². The third kappa shape index (κ3) is 3.17. The summed E-state index contributed by atoms with van der Waals surface area (Å²) in [5.74, 6) is -0.427. The van der Waals surface area contributed by atoms with Crippen LogP contribution in [0.3, 0.4) is 0 Å². The Balaban J connectivity index is 2.31. The van der Waals surface area contributed by atoms with Crippen molar-refractivity contribution in [3.63, 3.8) is 0 Å². The van der Waals surface area contributed by atoms with E-state index in [4.69, 9.17) is 11.6 Å². The molecule has 0 aliphatic carbocycles. The van der Waals surface area contributed by atoms with Crippen molar-refractivity contribution in [2.75, 3.05) is 0 Å². The molecule has 0 aliphatic heterocycles. The van der Waals surface area contributed by atoms with Gasteiger partial charge in [-0.15, -0.1) is 0 Å². The van der Waals surface area contributed by atoms with Gasteiger partial charge in [-0.25, -0.2) is 14.4 Å². The van der Waals surface area contributed by atoms with Gasteiger partial charge in [0.1, 0.15) is 10.1 Å². The van der Waals surface area contributed by atoms with E-state index in [0.29, 0.717) is 5.02 Å². The van der Waals surface area contributed by atoms with E-state index in [9.17, 15) is 4.39 Å². The highest BCUT2D eigenvalue weighted by Crippen LogP contribution is 2.28. The topological polar surface area (TPSA) is 25.8 Å². The molecule has 2 nitrogen and oxygen atoms in total. The number of aromatic nitrogens is 2. The number of aryl methyl sites for hydroxylation is 2. The monoisotopic (exact) mass is 268 g/mol. The lowest BCUT2D eigenvalue weighted by Gasteiger charge is -2.04. The molecule has 0 aliphatic rings. The Morgan fingerprint density at radius 2 is 2.00 bits per heavy atom. The molecule has 2 heterocycles. The first-order valence-electron chi connectivity index (χ1n) is 4.99. The summed E-state index contributed by atoms with van der Waals surface area (Å²) in [7, 11) is 0. The van der Waals surface area contributed by atoms with Crippen LogP contribution in [-0.2, 0) is 0 Å². The summed E-state index contributed by atoms with van der Waals surface area (Å²) in [6.45, 7) is 3.88. The second-order valence-corrected chi connectivity index (χ2v) is 5.11. The Labute approximate surface area is 108 Å². The van der Waals surface area contributed by atoms with Crippen LogP contribution in [-0.4, -0.2) is 9.97 Å². The molecule has 0 saturated carbocycles. The summed E-state index contributed by atoms with van der Waals surface area (Å²) in [4.78, 5) is 8.26. The molecule has 2 aromatic rings. The molecule has 88 valence electrons. The largest absolute Gasteiger partial charge is 0.246 e. The van der Waals surface area contributed by atoms with Gasteiger partial charge in [-0.3, -0.25) is 0 Å². The Bertz CT molecular complexity index is 540. The van der Waals surface area contributed by atoms with Crippen LogP contribution in [0.25, 0.3) is 0 Å². The van der Waals surface area contributed by atoms with Crippen LogP contribution < -0.4 is 0 Å². The third-order valence-electron chi connectivity index (χ3n) is 2.05. The quantitative estimate of drug-likeness (QED) is 0.822. The Morgan fingerprint density at radius 3 is 2.65 bits per heavy atom. The fraction of sp³-hybridized carbons (Fsp3) is 0.167. The molecule has 0 radical (unpaired) electrons. The summed E-state index contributed by atoms with van der Waals surface area (Å²) in [6.07, 6.45) is 1.43. The molecule has 0 saturated heterocycles. The lowest BCUT2D eigenvalue weighted by molar-refractivity contribution is 0.588. The van der Waals surface area contributed by atoms with Gasteiger partial charge >= 0.3 is 0 Å². The summed E-state index contributed by atoms with van der Waals surface area (Å²) >= 11 is 6.84. The highest BCUT2D eigenvalue weighted by atomic mass is 35.5. The van der Waals surface area contributed by atoms with Crippen molar-refractivity contribution in [1.29, 1.82) is 0 Å². The molecule has 0 aromatic carbocycles. The molecule has 2 aromatic heterocycles. The average Bonchev–Trinajstić information content (AvgIpc) is 2.21. The molecule has 2 rings (SSSR count). The van der Waals surface area contributed by atoms with Gasteiger partial charge in [0.25, 0.3) is 0 Å². The van der Waals surface area contributed by atoms with Crippen molar-refractivity contribution in [2.24, 2.45) is 0 Å². The van der Waals surface area contributed by atoms with Crippen LogP contribution in [0.2, 0.25) is 5.02 Å². The van der Waals surface area contributed by atoms with Gasteiger partial charge in [0.15, 0.2) is 5.82 Å². The van der Waals surface area contributed by atoms with Gasteiger partial charge in [0.2, 0.25) is 0 Å². The Morgan fingerprint density at radius 1 is 1.24 bits per heavy atom. The van der Waals surface area contributed by atoms with Crippen LogP contribution in [0, 0.1) is 19.7 Å². The predicted molar refractivity (Wildman–Crippen MR) is 67.0 cm³/mol. The first kappa shape index (κ1) is 12.3. The number of nitrogens with zero attached hydrogens (tertiary/aromatic N) is 2. The molecular weight excluding hydrogens is 259 g/mol. The predicted octanol–water partition coefficient (Wildman–Crippen LogP) is 4.04. The van der Waals surface area contributed by atoms with E-state index in [1.807, 2.05) is 26.0 Å². The summed E-state index contributed by atoms with van der Waals surface area (Å²) in [5, 5.41) is 1.31. The van der Waals surface area contributed by atoms with Crippen LogP contribution in [0.4, 0.5) is 4.39 Å². The second-order valence-electron chi connectivity index (χ2n) is 3.67. The number of halogens is 2. The maximum absolute atomic E-state index is 13.5. The second kappa shape index (κ2) is 5.02. The standard InChI is InChI=1S/C12H10ClFN2S/c1-7-3-8(2)16-11(4-7)17-12-10(14)5-9(13)6-15-12/h3-6H,1-2H3. The molecule has 17 heavy (non-hydrogen) atoms. The molecule has 0 unspecified atom stereocenters. The number of pyridine rings is 2. The van der Waals surface area contributed by atoms with E-state index in [0.717, 1.165) is 16.3 Å². The number of hydrogen-bond acceptors (Lipinski definition) is 3. The van der Waals surface area contributed by atoms with E-state index in [1.165, 1.54) is 24.0 Å². The smallest absolute Gasteiger partial charge is 0.157 e. The van der Waals surface area contributed by atoms with Crippen molar-refractivity contribution in [3.8, 4) is 0 Å². The van der Waals surface area contributed by atoms with E-state index in [1.54, 1.807) is 0 Å². The Hall–Kier alpha value is -1.13. The molecule has 5 heteroatoms. The van der Waals surface area contributed by atoms with E-state index in [2.05, 4.69) is 9.97 Å². The maximum atomic E-state index is 13.5. The zero-order valence-electron chi connectivity index (χ0n) is 9.37. The van der Waals surface area contributed by atoms with Gasteiger partial charge < -0.3 is 0 Å². The van der Waals surface area contributed by atoms with Gasteiger partial charge in [0, 0.05) is 11.9 Å². The summed E-state index contributed by atoms with van der Waals surface area (Å²) in [6, 6.07) is 5.11. The Kier molecular flexibility index (Phi) is 3.64. The van der Waals surface area contributed by atoms with Crippen molar-refractivity contribution in [2.45, 2.75) is 23.9 Å². The van der Waals surface area contributed by atoms with E-state index in [-0.39, 0.29) is 5.03 Å². The number of rotatable bonds is 2. The van der Waals surface area contributed by atoms with Crippen LogP contribution in [0.15, 0.2) is 34.4 Å². The van der Waals surface area contributed by atoms with Crippen molar-refractivity contribution in [1.82, 2.24) is 9.97 Å². The molecule has 0 bridgehead atoms. The zero-order chi connectivity index (χ0) is 12.4. The molecule has 0 amide bonds. The molecular formula is C12H10ClFN2S. The van der Waals surface area contributed by atoms with E-state index >= 15 is 0 Å². The third-order valence-corrected chi connectivity index (χ3v) is 3.17. The van der Waals surface area contributed by atoms with Crippen LogP contribution in [0.1, 0.15) is 11.3 Å². The van der Waals surface area contributed by atoms with Crippen molar-refractivity contribution >= 4 is 23.4 Å². The minimum Gasteiger partial charge on any atom is -0.246 e. The molecule has 0 N–H and O–H groups in total. The van der Waals surface area contributed by atoms with Gasteiger partial charge in [-0.1, -0.05) is 11.6 Å². The lowest BCUT2D eigenvalue weighted by atomic mass is 10.3. The maximum Gasteiger partial charge on any atom is 0.157 e. The van der Waals surface area contributed by atoms with Crippen LogP contribution in [0.5, 0.6) is 0 Å². The van der Waals surface area contributed by atoms with Crippen molar-refractivity contribution < 1.29 is 4.39 Å². The SMILES string of the molecule is Cc1cc(C)nc(Sc2ncc(Cl)cc2F)c1. The minimum atomic E-state index is -0.427. The first-order chi connectivity index (χ1) is 8.04. The average molecular weight is 269 g/mol. The molecule has 0 fully saturated rings. The van der Waals surface area contributed by atoms with Crippen LogP contribution >= 0.6 is 23.4 Å². The molecule has 0 spiro atoms. The normalized spacial score (nSPS) is 10.6. The summed E-state index contributed by atoms with van der Waals surface area (Å²) < 4.78 is 13.5. The van der Waals surface area contributed by atoms with Gasteiger partial charge in [-0.2, -0.15) is 0 Å². The highest BCUT2D eigenvalue weighted by molar-refractivity contribution is 7.99. The highest BCUT2D eigenvalue weighted by Gasteiger charge is 2.08. The summed E-state index contributed by atoms with van der Waals surface area (Å²) in [5.41, 5.74) is 2.00. The fourth-order valence-corrected chi connectivity index (χ4v) is 2.47. The number of hydrogen-bond donors (Lipinski definition) is 0. The first-order valence-corrected chi connectivity index (χ1v) is 6.18. The molecule has 0 atom stereocenters. The minimum absolute atomic E-state index is 0.284. The lowest BCUT2D eigenvalue weighted by Crippen LogP contribution is -1.90. The van der Waals surface area contributed by atoms with E-state index < -0.39 is 5.82 Å². The van der Waals surface area contributed by atoms with Crippen molar-refractivity contribution in [3.05, 3.63) is 46.5 Å². The fourth-order valence-electron chi connectivity index (χ4n) is 1.43. The van der Waals surface area contributed by atoms with Gasteiger partial charge in [-0.05, 0) is 49.4 Å².